The summed E-state index contributed by atoms with van der Waals surface area (Å²) in [6.45, 7) is 2.93. The maximum absolute atomic E-state index is 13.1. The lowest BCUT2D eigenvalue weighted by Gasteiger charge is -2.32. The molecule has 1 atom stereocenters. The lowest BCUT2D eigenvalue weighted by molar-refractivity contribution is -0.131. The molecule has 0 saturated carbocycles. The van der Waals surface area contributed by atoms with Crippen molar-refractivity contribution >= 4 is 21.6 Å². The van der Waals surface area contributed by atoms with E-state index in [4.69, 9.17) is 0 Å². The number of para-hydroxylation sites is 1. The first-order valence-electron chi connectivity index (χ1n) is 9.92. The van der Waals surface area contributed by atoms with Crippen molar-refractivity contribution in [2.75, 3.05) is 37.7 Å². The number of carbonyl (C=O) groups excluding carboxylic acids is 1. The van der Waals surface area contributed by atoms with Crippen LogP contribution in [-0.4, -0.2) is 57.1 Å². The van der Waals surface area contributed by atoms with Crippen LogP contribution >= 0.6 is 0 Å². The van der Waals surface area contributed by atoms with E-state index in [2.05, 4.69) is 21.8 Å². The highest BCUT2D eigenvalue weighted by Crippen LogP contribution is 2.25. The van der Waals surface area contributed by atoms with Crippen LogP contribution in [0.4, 0.5) is 5.69 Å². The van der Waals surface area contributed by atoms with Crippen LogP contribution in [0.1, 0.15) is 30.0 Å². The molecule has 0 unspecified atom stereocenters. The Hall–Kier alpha value is -2.38. The Morgan fingerprint density at radius 1 is 1.07 bits per heavy atom. The fourth-order valence-electron chi connectivity index (χ4n) is 3.77. The van der Waals surface area contributed by atoms with E-state index in [0.29, 0.717) is 11.3 Å². The number of nitrogens with one attached hydrogen (secondary N) is 1. The number of amides is 1. The molecule has 7 heteroatoms. The lowest BCUT2D eigenvalue weighted by atomic mass is 10.0. The number of sulfonamides is 1. The molecular formula is C22H29N3O3S. The highest BCUT2D eigenvalue weighted by atomic mass is 32.2. The number of likely N-dealkylation sites (tertiary alicyclic amines) is 1. The van der Waals surface area contributed by atoms with Crippen molar-refractivity contribution in [3.05, 3.63) is 65.7 Å². The third-order valence-electron chi connectivity index (χ3n) is 5.33. The molecule has 3 rings (SSSR count). The summed E-state index contributed by atoms with van der Waals surface area (Å²) < 4.78 is 25.8. The Kier molecular flexibility index (Phi) is 6.92. The fourth-order valence-corrected chi connectivity index (χ4v) is 4.37. The SMILES string of the molecule is CN(C(=O)Cc1ccccc1NS(C)(=O)=O)[C@H](CN1CCCC1)c1ccccc1. The van der Waals surface area contributed by atoms with Gasteiger partial charge in [-0.3, -0.25) is 9.52 Å². The second-order valence-electron chi connectivity index (χ2n) is 7.65. The zero-order valence-electron chi connectivity index (χ0n) is 17.0. The molecule has 0 bridgehead atoms. The molecule has 1 amide bonds. The molecule has 1 N–H and O–H groups in total. The van der Waals surface area contributed by atoms with E-state index in [9.17, 15) is 13.2 Å². The number of anilines is 1. The van der Waals surface area contributed by atoms with Crippen molar-refractivity contribution in [2.45, 2.75) is 25.3 Å². The predicted octanol–water partition coefficient (Wildman–Crippen LogP) is 2.90. The third kappa shape index (κ3) is 6.05. The molecule has 29 heavy (non-hydrogen) atoms. The van der Waals surface area contributed by atoms with Gasteiger partial charge in [-0.2, -0.15) is 0 Å². The number of hydrogen-bond donors (Lipinski definition) is 1. The first-order valence-corrected chi connectivity index (χ1v) is 11.8. The minimum absolute atomic E-state index is 0.0409. The topological polar surface area (TPSA) is 69.7 Å². The van der Waals surface area contributed by atoms with E-state index in [1.165, 1.54) is 12.8 Å². The molecule has 1 aliphatic heterocycles. The van der Waals surface area contributed by atoms with Crippen LogP contribution in [0.3, 0.4) is 0 Å². The Morgan fingerprint density at radius 2 is 1.69 bits per heavy atom. The molecule has 2 aromatic carbocycles. The van der Waals surface area contributed by atoms with E-state index < -0.39 is 10.0 Å². The van der Waals surface area contributed by atoms with Gasteiger partial charge in [-0.1, -0.05) is 48.5 Å². The van der Waals surface area contributed by atoms with E-state index in [1.807, 2.05) is 31.3 Å². The largest absolute Gasteiger partial charge is 0.337 e. The van der Waals surface area contributed by atoms with E-state index in [-0.39, 0.29) is 18.4 Å². The van der Waals surface area contributed by atoms with Crippen molar-refractivity contribution < 1.29 is 13.2 Å². The Morgan fingerprint density at radius 3 is 2.34 bits per heavy atom. The summed E-state index contributed by atoms with van der Waals surface area (Å²) in [4.78, 5) is 17.3. The summed E-state index contributed by atoms with van der Waals surface area (Å²) in [6.07, 6.45) is 3.64. The van der Waals surface area contributed by atoms with Crippen molar-refractivity contribution in [3.8, 4) is 0 Å². The van der Waals surface area contributed by atoms with Gasteiger partial charge >= 0.3 is 0 Å². The van der Waals surface area contributed by atoms with E-state index in [1.54, 1.807) is 23.1 Å². The van der Waals surface area contributed by atoms with E-state index >= 15 is 0 Å². The second-order valence-corrected chi connectivity index (χ2v) is 9.40. The van der Waals surface area contributed by atoms with Crippen LogP contribution in [0, 0.1) is 0 Å². The average molecular weight is 416 g/mol. The second kappa shape index (κ2) is 9.41. The fraction of sp³-hybridized carbons (Fsp3) is 0.409. The number of hydrogen-bond acceptors (Lipinski definition) is 4. The third-order valence-corrected chi connectivity index (χ3v) is 5.92. The molecular weight excluding hydrogens is 386 g/mol. The van der Waals surface area contributed by atoms with Gasteiger partial charge in [-0.25, -0.2) is 8.42 Å². The maximum atomic E-state index is 13.1. The maximum Gasteiger partial charge on any atom is 0.229 e. The van der Waals surface area contributed by atoms with Gasteiger partial charge in [0.1, 0.15) is 0 Å². The summed E-state index contributed by atoms with van der Waals surface area (Å²) in [6, 6.07) is 17.1. The quantitative estimate of drug-likeness (QED) is 0.720. The van der Waals surface area contributed by atoms with E-state index in [0.717, 1.165) is 31.5 Å². The zero-order valence-corrected chi connectivity index (χ0v) is 17.9. The molecule has 1 saturated heterocycles. The van der Waals surface area contributed by atoms with Gasteiger partial charge < -0.3 is 9.80 Å². The van der Waals surface area contributed by atoms with Crippen molar-refractivity contribution in [1.29, 1.82) is 0 Å². The molecule has 0 radical (unpaired) electrons. The van der Waals surface area contributed by atoms with Crippen molar-refractivity contribution in [1.82, 2.24) is 9.80 Å². The first kappa shape index (κ1) is 21.3. The minimum atomic E-state index is -3.41. The normalized spacial score (nSPS) is 15.8. The molecule has 156 valence electrons. The van der Waals surface area contributed by atoms with Gasteiger partial charge in [0, 0.05) is 13.6 Å². The van der Waals surface area contributed by atoms with Crippen molar-refractivity contribution in [2.24, 2.45) is 0 Å². The Bertz CT molecular complexity index is 925. The molecule has 1 heterocycles. The minimum Gasteiger partial charge on any atom is -0.337 e. The first-order chi connectivity index (χ1) is 13.8. The Labute approximate surface area is 173 Å². The van der Waals surface area contributed by atoms with Gasteiger partial charge in [0.15, 0.2) is 0 Å². The van der Waals surface area contributed by atoms with Gasteiger partial charge in [0.25, 0.3) is 0 Å². The number of benzene rings is 2. The van der Waals surface area contributed by atoms with Gasteiger partial charge in [0.2, 0.25) is 15.9 Å². The predicted molar refractivity (Wildman–Crippen MR) is 116 cm³/mol. The summed E-state index contributed by atoms with van der Waals surface area (Å²) in [5.41, 5.74) is 2.23. The average Bonchev–Trinajstić information content (AvgIpc) is 3.20. The molecule has 0 spiro atoms. The Balaban J connectivity index is 1.79. The molecule has 2 aromatic rings. The lowest BCUT2D eigenvalue weighted by Crippen LogP contribution is -2.39. The number of nitrogens with zero attached hydrogens (tertiary/aromatic N) is 2. The molecule has 0 aliphatic carbocycles. The number of likely N-dealkylation sites (N-methyl/N-ethyl adjacent to an activating group) is 1. The monoisotopic (exact) mass is 415 g/mol. The zero-order chi connectivity index (χ0) is 20.9. The van der Waals surface area contributed by atoms with Crippen LogP contribution in [0.5, 0.6) is 0 Å². The van der Waals surface area contributed by atoms with Crippen LogP contribution in [0.15, 0.2) is 54.6 Å². The van der Waals surface area contributed by atoms with Gasteiger partial charge in [-0.15, -0.1) is 0 Å². The molecule has 1 fully saturated rings. The smallest absolute Gasteiger partial charge is 0.229 e. The van der Waals surface area contributed by atoms with Crippen LogP contribution < -0.4 is 4.72 Å². The van der Waals surface area contributed by atoms with Crippen LogP contribution in [-0.2, 0) is 21.2 Å². The van der Waals surface area contributed by atoms with Gasteiger partial charge in [0.05, 0.1) is 24.4 Å². The highest BCUT2D eigenvalue weighted by Gasteiger charge is 2.26. The number of carbonyl (C=O) groups is 1. The summed E-state index contributed by atoms with van der Waals surface area (Å²) in [7, 11) is -1.58. The number of rotatable bonds is 8. The van der Waals surface area contributed by atoms with Crippen LogP contribution in [0.25, 0.3) is 0 Å². The standard InChI is InChI=1S/C22H29N3O3S/c1-24(21(17-25-14-8-9-15-25)18-10-4-3-5-11-18)22(26)16-19-12-6-7-13-20(19)23-29(2,27)28/h3-7,10-13,21,23H,8-9,14-17H2,1-2H3/t21-/m1/s1. The van der Waals surface area contributed by atoms with Gasteiger partial charge in [-0.05, 0) is 43.1 Å². The summed E-state index contributed by atoms with van der Waals surface area (Å²) in [5, 5.41) is 0. The van der Waals surface area contributed by atoms with Crippen molar-refractivity contribution in [3.63, 3.8) is 0 Å². The molecule has 6 nitrogen and oxygen atoms in total. The summed E-state index contributed by atoms with van der Waals surface area (Å²) >= 11 is 0. The summed E-state index contributed by atoms with van der Waals surface area (Å²) in [5.74, 6) is -0.0409. The highest BCUT2D eigenvalue weighted by molar-refractivity contribution is 7.92. The molecule has 1 aliphatic rings. The van der Waals surface area contributed by atoms with Crippen LogP contribution in [0.2, 0.25) is 0 Å². The molecule has 0 aromatic heterocycles.